The number of urea groups is 1. The fourth-order valence-electron chi connectivity index (χ4n) is 3.91. The molecule has 0 unspecified atom stereocenters. The van der Waals surface area contributed by atoms with E-state index in [1.54, 1.807) is 0 Å². The summed E-state index contributed by atoms with van der Waals surface area (Å²) in [6, 6.07) is 7.21. The van der Waals surface area contributed by atoms with Crippen LogP contribution in [-0.2, 0) is 9.59 Å². The minimum atomic E-state index is -0.787. The van der Waals surface area contributed by atoms with Crippen LogP contribution in [0.25, 0.3) is 0 Å². The number of benzene rings is 1. The Bertz CT molecular complexity index is 710. The molecule has 1 aliphatic carbocycles. The molecule has 3 rings (SSSR count). The van der Waals surface area contributed by atoms with E-state index in [1.165, 1.54) is 0 Å². The number of nitrogens with one attached hydrogen (secondary N) is 2. The lowest BCUT2D eigenvalue weighted by Gasteiger charge is -2.30. The van der Waals surface area contributed by atoms with Gasteiger partial charge >= 0.3 is 6.03 Å². The van der Waals surface area contributed by atoms with E-state index in [9.17, 15) is 14.4 Å². The molecule has 1 aromatic carbocycles. The molecule has 0 aromatic heterocycles. The standard InChI is InChI=1S/C20H27N3O3/c1-3-14(2)15-9-5-6-10-16(15)21-17(24)13-23-18(25)20(22-19(23)26)11-7-4-8-12-20/h5-6,9-10,14H,3-4,7-8,11-13H2,1-2H3,(H,21,24)(H,22,26)/t14-/m1/s1. The van der Waals surface area contributed by atoms with Crippen molar-refractivity contribution in [3.05, 3.63) is 29.8 Å². The monoisotopic (exact) mass is 357 g/mol. The minimum Gasteiger partial charge on any atom is -0.324 e. The Labute approximate surface area is 154 Å². The van der Waals surface area contributed by atoms with Gasteiger partial charge in [0.15, 0.2) is 0 Å². The average molecular weight is 357 g/mol. The second kappa shape index (κ2) is 7.48. The molecule has 0 bridgehead atoms. The van der Waals surface area contributed by atoms with E-state index in [0.29, 0.717) is 18.8 Å². The number of rotatable bonds is 5. The van der Waals surface area contributed by atoms with E-state index >= 15 is 0 Å². The Morgan fingerprint density at radius 1 is 1.23 bits per heavy atom. The van der Waals surface area contributed by atoms with Crippen LogP contribution in [0.4, 0.5) is 10.5 Å². The predicted octanol–water partition coefficient (Wildman–Crippen LogP) is 3.39. The number of para-hydroxylation sites is 1. The first-order chi connectivity index (χ1) is 12.5. The molecule has 1 aromatic rings. The third-order valence-corrected chi connectivity index (χ3v) is 5.63. The van der Waals surface area contributed by atoms with E-state index in [1.807, 2.05) is 24.3 Å². The third-order valence-electron chi connectivity index (χ3n) is 5.63. The van der Waals surface area contributed by atoms with Crippen LogP contribution in [0.2, 0.25) is 0 Å². The topological polar surface area (TPSA) is 78.5 Å². The molecule has 1 atom stereocenters. The Balaban J connectivity index is 1.69. The summed E-state index contributed by atoms with van der Waals surface area (Å²) in [5.41, 5.74) is 1.01. The van der Waals surface area contributed by atoms with Gasteiger partial charge in [-0.2, -0.15) is 0 Å². The first-order valence-electron chi connectivity index (χ1n) is 9.50. The van der Waals surface area contributed by atoms with E-state index in [0.717, 1.165) is 41.8 Å². The number of carbonyl (C=O) groups excluding carboxylic acids is 3. The van der Waals surface area contributed by atoms with Gasteiger partial charge in [-0.25, -0.2) is 4.79 Å². The Hall–Kier alpha value is -2.37. The van der Waals surface area contributed by atoms with Gasteiger partial charge < -0.3 is 10.6 Å². The van der Waals surface area contributed by atoms with Crippen molar-refractivity contribution in [1.29, 1.82) is 0 Å². The number of amides is 4. The highest BCUT2D eigenvalue weighted by Gasteiger charge is 2.51. The smallest absolute Gasteiger partial charge is 0.324 e. The summed E-state index contributed by atoms with van der Waals surface area (Å²) >= 11 is 0. The molecule has 1 saturated heterocycles. The number of carbonyl (C=O) groups is 3. The molecule has 1 saturated carbocycles. The first kappa shape index (κ1) is 18.4. The van der Waals surface area contributed by atoms with E-state index < -0.39 is 11.6 Å². The van der Waals surface area contributed by atoms with Crippen molar-refractivity contribution >= 4 is 23.5 Å². The maximum Gasteiger partial charge on any atom is 0.325 e. The van der Waals surface area contributed by atoms with Crippen LogP contribution in [0, 0.1) is 0 Å². The second-order valence-corrected chi connectivity index (χ2v) is 7.41. The summed E-state index contributed by atoms with van der Waals surface area (Å²) in [5, 5.41) is 5.71. The van der Waals surface area contributed by atoms with Crippen molar-refractivity contribution in [1.82, 2.24) is 10.2 Å². The number of hydrogen-bond donors (Lipinski definition) is 2. The fourth-order valence-corrected chi connectivity index (χ4v) is 3.91. The number of hydrogen-bond acceptors (Lipinski definition) is 3. The molecule has 2 aliphatic rings. The number of imide groups is 1. The summed E-state index contributed by atoms with van der Waals surface area (Å²) in [5.74, 6) is -0.293. The zero-order chi connectivity index (χ0) is 18.7. The first-order valence-corrected chi connectivity index (χ1v) is 9.50. The van der Waals surface area contributed by atoms with Crippen LogP contribution in [0.15, 0.2) is 24.3 Å². The largest absolute Gasteiger partial charge is 0.325 e. The molecule has 2 N–H and O–H groups in total. The van der Waals surface area contributed by atoms with Crippen LogP contribution in [0.3, 0.4) is 0 Å². The second-order valence-electron chi connectivity index (χ2n) is 7.41. The third kappa shape index (κ3) is 3.45. The lowest BCUT2D eigenvalue weighted by molar-refractivity contribution is -0.134. The molecule has 140 valence electrons. The van der Waals surface area contributed by atoms with E-state index in [2.05, 4.69) is 24.5 Å². The summed E-state index contributed by atoms with van der Waals surface area (Å²) < 4.78 is 0. The Morgan fingerprint density at radius 2 is 1.92 bits per heavy atom. The lowest BCUT2D eigenvalue weighted by atomic mass is 9.82. The van der Waals surface area contributed by atoms with Gasteiger partial charge in [0.05, 0.1) is 0 Å². The van der Waals surface area contributed by atoms with Crippen molar-refractivity contribution in [3.63, 3.8) is 0 Å². The zero-order valence-corrected chi connectivity index (χ0v) is 15.5. The van der Waals surface area contributed by atoms with Crippen molar-refractivity contribution in [2.75, 3.05) is 11.9 Å². The van der Waals surface area contributed by atoms with E-state index in [-0.39, 0.29) is 18.4 Å². The van der Waals surface area contributed by atoms with Gasteiger partial charge in [0.1, 0.15) is 12.1 Å². The summed E-state index contributed by atoms with van der Waals surface area (Å²) in [4.78, 5) is 38.6. The number of nitrogens with zero attached hydrogens (tertiary/aromatic N) is 1. The fraction of sp³-hybridized carbons (Fsp3) is 0.550. The molecule has 2 fully saturated rings. The molecule has 1 heterocycles. The van der Waals surface area contributed by atoms with Gasteiger partial charge in [0.2, 0.25) is 5.91 Å². The molecule has 26 heavy (non-hydrogen) atoms. The Kier molecular flexibility index (Phi) is 5.30. The maximum atomic E-state index is 12.8. The van der Waals surface area contributed by atoms with Gasteiger partial charge in [-0.1, -0.05) is 51.3 Å². The van der Waals surface area contributed by atoms with Crippen molar-refractivity contribution in [2.24, 2.45) is 0 Å². The minimum absolute atomic E-state index is 0.249. The highest BCUT2D eigenvalue weighted by Crippen LogP contribution is 2.33. The summed E-state index contributed by atoms with van der Waals surface area (Å²) in [6.07, 6.45) is 5.21. The molecule has 4 amide bonds. The number of anilines is 1. The molecular weight excluding hydrogens is 330 g/mol. The van der Waals surface area contributed by atoms with Gasteiger partial charge in [-0.15, -0.1) is 0 Å². The van der Waals surface area contributed by atoms with Gasteiger partial charge in [0.25, 0.3) is 5.91 Å². The normalized spacial score (nSPS) is 20.2. The van der Waals surface area contributed by atoms with E-state index in [4.69, 9.17) is 0 Å². The van der Waals surface area contributed by atoms with Crippen molar-refractivity contribution < 1.29 is 14.4 Å². The van der Waals surface area contributed by atoms with Crippen LogP contribution < -0.4 is 10.6 Å². The lowest BCUT2D eigenvalue weighted by Crippen LogP contribution is -2.48. The highest BCUT2D eigenvalue weighted by atomic mass is 16.2. The SMILES string of the molecule is CC[C@@H](C)c1ccccc1NC(=O)CN1C(=O)NC2(CCCCC2)C1=O. The van der Waals surface area contributed by atoms with Crippen LogP contribution in [-0.4, -0.2) is 34.8 Å². The van der Waals surface area contributed by atoms with Crippen molar-refractivity contribution in [3.8, 4) is 0 Å². The van der Waals surface area contributed by atoms with Crippen LogP contribution in [0.5, 0.6) is 0 Å². The Morgan fingerprint density at radius 3 is 2.62 bits per heavy atom. The van der Waals surface area contributed by atoms with Gasteiger partial charge in [-0.3, -0.25) is 14.5 Å². The molecule has 0 radical (unpaired) electrons. The predicted molar refractivity (Wildman–Crippen MR) is 99.8 cm³/mol. The van der Waals surface area contributed by atoms with Crippen molar-refractivity contribution in [2.45, 2.75) is 63.8 Å². The summed E-state index contributed by atoms with van der Waals surface area (Å²) in [6.45, 7) is 3.96. The average Bonchev–Trinajstić information content (AvgIpc) is 2.86. The summed E-state index contributed by atoms with van der Waals surface area (Å²) in [7, 11) is 0. The maximum absolute atomic E-state index is 12.8. The molecule has 1 spiro atoms. The molecular formula is C20H27N3O3. The van der Waals surface area contributed by atoms with Crippen LogP contribution in [0.1, 0.15) is 63.9 Å². The quantitative estimate of drug-likeness (QED) is 0.793. The molecule has 1 aliphatic heterocycles. The molecule has 6 heteroatoms. The zero-order valence-electron chi connectivity index (χ0n) is 15.5. The highest BCUT2D eigenvalue weighted by molar-refractivity contribution is 6.10. The molecule has 6 nitrogen and oxygen atoms in total. The van der Waals surface area contributed by atoms with Gasteiger partial charge in [-0.05, 0) is 36.8 Å². The van der Waals surface area contributed by atoms with Crippen LogP contribution >= 0.6 is 0 Å². The van der Waals surface area contributed by atoms with Gasteiger partial charge in [0, 0.05) is 5.69 Å².